The van der Waals surface area contributed by atoms with Crippen LogP contribution in [0.4, 0.5) is 11.4 Å². The summed E-state index contributed by atoms with van der Waals surface area (Å²) in [5, 5.41) is 11.0. The van der Waals surface area contributed by atoms with Gasteiger partial charge < -0.3 is 9.32 Å². The molecule has 3 heterocycles. The van der Waals surface area contributed by atoms with Crippen molar-refractivity contribution in [1.82, 2.24) is 4.57 Å². The summed E-state index contributed by atoms with van der Waals surface area (Å²) in [4.78, 5) is 30.1. The van der Waals surface area contributed by atoms with Crippen LogP contribution in [0.2, 0.25) is 0 Å². The highest BCUT2D eigenvalue weighted by molar-refractivity contribution is 7.07. The molecule has 26 heavy (non-hydrogen) atoms. The Morgan fingerprint density at radius 3 is 2.92 bits per heavy atom. The summed E-state index contributed by atoms with van der Waals surface area (Å²) in [7, 11) is 0. The van der Waals surface area contributed by atoms with E-state index in [1.807, 2.05) is 24.0 Å². The van der Waals surface area contributed by atoms with Crippen molar-refractivity contribution >= 4 is 28.8 Å². The molecule has 1 aliphatic heterocycles. The van der Waals surface area contributed by atoms with Gasteiger partial charge in [-0.25, -0.2) is 4.99 Å². The van der Waals surface area contributed by atoms with Crippen LogP contribution in [0.1, 0.15) is 11.5 Å². The molecule has 9 heteroatoms. The summed E-state index contributed by atoms with van der Waals surface area (Å²) in [6.07, 6.45) is 1.71. The number of anilines is 1. The number of rotatable bonds is 3. The van der Waals surface area contributed by atoms with E-state index in [1.165, 1.54) is 23.5 Å². The van der Waals surface area contributed by atoms with Crippen molar-refractivity contribution in [1.29, 1.82) is 0 Å². The van der Waals surface area contributed by atoms with Crippen LogP contribution in [0.25, 0.3) is 6.08 Å². The van der Waals surface area contributed by atoms with Gasteiger partial charge in [-0.1, -0.05) is 17.4 Å². The number of aromatic nitrogens is 1. The van der Waals surface area contributed by atoms with Crippen LogP contribution in [-0.2, 0) is 6.67 Å². The summed E-state index contributed by atoms with van der Waals surface area (Å²) >= 11 is 1.30. The van der Waals surface area contributed by atoms with Crippen molar-refractivity contribution in [2.75, 3.05) is 11.6 Å². The monoisotopic (exact) mass is 370 g/mol. The summed E-state index contributed by atoms with van der Waals surface area (Å²) in [5.74, 6) is 1.40. The van der Waals surface area contributed by atoms with E-state index >= 15 is 0 Å². The second kappa shape index (κ2) is 6.26. The molecule has 0 bridgehead atoms. The van der Waals surface area contributed by atoms with Crippen LogP contribution in [0.15, 0.2) is 50.6 Å². The Morgan fingerprint density at radius 1 is 1.35 bits per heavy atom. The van der Waals surface area contributed by atoms with E-state index in [0.717, 1.165) is 5.76 Å². The fourth-order valence-electron chi connectivity index (χ4n) is 2.74. The zero-order valence-corrected chi connectivity index (χ0v) is 14.6. The normalized spacial score (nSPS) is 14.2. The molecule has 1 aliphatic rings. The minimum absolute atomic E-state index is 0.00757. The van der Waals surface area contributed by atoms with Gasteiger partial charge in [0.1, 0.15) is 24.9 Å². The van der Waals surface area contributed by atoms with Gasteiger partial charge in [0.15, 0.2) is 4.80 Å². The molecule has 8 nitrogen and oxygen atoms in total. The van der Waals surface area contributed by atoms with E-state index in [1.54, 1.807) is 22.8 Å². The van der Waals surface area contributed by atoms with Gasteiger partial charge in [-0.3, -0.25) is 19.5 Å². The van der Waals surface area contributed by atoms with E-state index in [0.29, 0.717) is 34.1 Å². The standard InChI is InChI=1S/C17H14N4O4S/c1-11-5-6-14(25-11)8-15-16(22)20-10-19(9-18-17(20)26-15)12-3-2-4-13(7-12)21(23)24/h2-8H,9-10H2,1H3. The van der Waals surface area contributed by atoms with Crippen LogP contribution in [0.3, 0.4) is 0 Å². The number of furan rings is 1. The maximum absolute atomic E-state index is 12.7. The first-order valence-electron chi connectivity index (χ1n) is 7.83. The van der Waals surface area contributed by atoms with E-state index in [2.05, 4.69) is 4.99 Å². The molecule has 0 radical (unpaired) electrons. The summed E-state index contributed by atoms with van der Waals surface area (Å²) in [6.45, 7) is 2.47. The number of thiazole rings is 1. The molecule has 0 N–H and O–H groups in total. The summed E-state index contributed by atoms with van der Waals surface area (Å²) in [6, 6.07) is 9.96. The molecule has 4 rings (SSSR count). The van der Waals surface area contributed by atoms with Gasteiger partial charge in [0.2, 0.25) is 0 Å². The van der Waals surface area contributed by atoms with Gasteiger partial charge in [-0.05, 0) is 25.1 Å². The van der Waals surface area contributed by atoms with Crippen molar-refractivity contribution in [3.05, 3.63) is 77.7 Å². The molecular weight excluding hydrogens is 356 g/mol. The molecule has 0 saturated heterocycles. The number of aryl methyl sites for hydroxylation is 1. The largest absolute Gasteiger partial charge is 0.462 e. The van der Waals surface area contributed by atoms with E-state index in [9.17, 15) is 14.9 Å². The molecule has 0 aliphatic carbocycles. The van der Waals surface area contributed by atoms with Crippen molar-refractivity contribution in [2.45, 2.75) is 13.6 Å². The number of hydrogen-bond donors (Lipinski definition) is 0. The lowest BCUT2D eigenvalue weighted by Gasteiger charge is -2.25. The van der Waals surface area contributed by atoms with Gasteiger partial charge in [0.05, 0.1) is 9.46 Å². The van der Waals surface area contributed by atoms with Crippen molar-refractivity contribution in [3.63, 3.8) is 0 Å². The van der Waals surface area contributed by atoms with Gasteiger partial charge >= 0.3 is 0 Å². The lowest BCUT2D eigenvalue weighted by molar-refractivity contribution is -0.384. The van der Waals surface area contributed by atoms with E-state index in [4.69, 9.17) is 4.42 Å². The fraction of sp³-hybridized carbons (Fsp3) is 0.176. The highest BCUT2D eigenvalue weighted by Crippen LogP contribution is 2.21. The smallest absolute Gasteiger partial charge is 0.271 e. The molecule has 0 unspecified atom stereocenters. The average molecular weight is 370 g/mol. The first-order valence-corrected chi connectivity index (χ1v) is 8.64. The van der Waals surface area contributed by atoms with Gasteiger partial charge in [0, 0.05) is 23.9 Å². The number of hydrogen-bond acceptors (Lipinski definition) is 7. The zero-order chi connectivity index (χ0) is 18.3. The van der Waals surface area contributed by atoms with Gasteiger partial charge in [-0.15, -0.1) is 0 Å². The number of non-ortho nitro benzene ring substituents is 1. The molecule has 0 fully saturated rings. The molecule has 0 atom stereocenters. The Kier molecular flexibility index (Phi) is 3.92. The predicted octanol–water partition coefficient (Wildman–Crippen LogP) is 1.60. The van der Waals surface area contributed by atoms with Crippen molar-refractivity contribution < 1.29 is 9.34 Å². The number of benzene rings is 1. The van der Waals surface area contributed by atoms with Crippen LogP contribution in [-0.4, -0.2) is 16.2 Å². The Balaban J connectivity index is 1.70. The molecule has 132 valence electrons. The maximum atomic E-state index is 12.7. The fourth-order valence-corrected chi connectivity index (χ4v) is 3.68. The zero-order valence-electron chi connectivity index (χ0n) is 13.8. The second-order valence-electron chi connectivity index (χ2n) is 5.83. The van der Waals surface area contributed by atoms with E-state index in [-0.39, 0.29) is 11.2 Å². The number of nitro groups is 1. The quantitative estimate of drug-likeness (QED) is 0.516. The van der Waals surface area contributed by atoms with Crippen LogP contribution >= 0.6 is 11.3 Å². The second-order valence-corrected chi connectivity index (χ2v) is 6.84. The molecule has 1 aromatic carbocycles. The highest BCUT2D eigenvalue weighted by Gasteiger charge is 2.18. The minimum Gasteiger partial charge on any atom is -0.462 e. The molecule has 3 aromatic rings. The minimum atomic E-state index is -0.439. The Morgan fingerprint density at radius 2 is 2.19 bits per heavy atom. The number of fused-ring (bicyclic) bond motifs is 1. The van der Waals surface area contributed by atoms with Crippen molar-refractivity contribution in [3.8, 4) is 0 Å². The predicted molar refractivity (Wildman–Crippen MR) is 96.8 cm³/mol. The first kappa shape index (κ1) is 16.3. The van der Waals surface area contributed by atoms with Gasteiger partial charge in [-0.2, -0.15) is 0 Å². The lowest BCUT2D eigenvalue weighted by Crippen LogP contribution is -2.42. The molecule has 0 amide bonds. The highest BCUT2D eigenvalue weighted by atomic mass is 32.1. The van der Waals surface area contributed by atoms with Crippen LogP contribution < -0.4 is 19.8 Å². The molecule has 0 saturated carbocycles. The average Bonchev–Trinajstić information content (AvgIpc) is 3.18. The topological polar surface area (TPSA) is 93.9 Å². The summed E-state index contributed by atoms with van der Waals surface area (Å²) < 4.78 is 7.60. The van der Waals surface area contributed by atoms with Crippen LogP contribution in [0, 0.1) is 17.0 Å². The molecule has 2 aromatic heterocycles. The Hall–Kier alpha value is -3.20. The third-order valence-corrected chi connectivity index (χ3v) is 5.06. The van der Waals surface area contributed by atoms with Gasteiger partial charge in [0.25, 0.3) is 11.2 Å². The first-order chi connectivity index (χ1) is 12.5. The Labute approximate surface area is 151 Å². The van der Waals surface area contributed by atoms with Crippen LogP contribution in [0.5, 0.6) is 0 Å². The molecular formula is C17H14N4O4S. The van der Waals surface area contributed by atoms with E-state index < -0.39 is 4.92 Å². The maximum Gasteiger partial charge on any atom is 0.271 e. The molecule has 0 spiro atoms. The Bertz CT molecular complexity index is 1170. The van der Waals surface area contributed by atoms with Crippen molar-refractivity contribution in [2.24, 2.45) is 4.99 Å². The lowest BCUT2D eigenvalue weighted by atomic mass is 10.2. The number of nitro benzene ring substituents is 1. The summed E-state index contributed by atoms with van der Waals surface area (Å²) in [5.41, 5.74) is 0.505. The SMILES string of the molecule is Cc1ccc(C=c2sc3n(c2=O)CN(c2cccc([N+](=O)[O-])c2)CN=3)o1. The number of nitrogens with zero attached hydrogens (tertiary/aromatic N) is 4. The third kappa shape index (κ3) is 2.93. The third-order valence-electron chi connectivity index (χ3n) is 4.02.